The lowest BCUT2D eigenvalue weighted by Crippen LogP contribution is -2.70. The Morgan fingerprint density at radius 1 is 1.18 bits per heavy atom. The van der Waals surface area contributed by atoms with E-state index in [1.165, 1.54) is 57.2 Å². The average molecular weight is 517 g/mol. The van der Waals surface area contributed by atoms with Gasteiger partial charge in [-0.3, -0.25) is 19.3 Å². The number of amides is 2. The van der Waals surface area contributed by atoms with Crippen LogP contribution in [-0.4, -0.2) is 45.0 Å². The molecule has 33 heavy (non-hydrogen) atoms. The maximum atomic E-state index is 12.8. The van der Waals surface area contributed by atoms with Crippen molar-refractivity contribution < 1.29 is 19.5 Å². The van der Waals surface area contributed by atoms with Crippen molar-refractivity contribution in [3.63, 3.8) is 0 Å². The van der Waals surface area contributed by atoms with Crippen molar-refractivity contribution >= 4 is 73.4 Å². The summed E-state index contributed by atoms with van der Waals surface area (Å²) in [4.78, 5) is 51.4. The molecule has 1 aromatic carbocycles. The fraction of sp³-hybridized carbons (Fsp3) is 0.182. The second-order valence-electron chi connectivity index (χ2n) is 7.34. The number of β-lactam (4-membered cyclic amide) rings is 1. The molecule has 0 spiro atoms. The summed E-state index contributed by atoms with van der Waals surface area (Å²) < 4.78 is 2.22. The average Bonchev–Trinajstić information content (AvgIpc) is 3.27. The van der Waals surface area contributed by atoms with Crippen molar-refractivity contribution in [3.8, 4) is 0 Å². The van der Waals surface area contributed by atoms with Gasteiger partial charge in [-0.1, -0.05) is 42.1 Å². The van der Waals surface area contributed by atoms with E-state index in [2.05, 4.69) is 5.32 Å². The molecule has 5 rings (SSSR count). The van der Waals surface area contributed by atoms with E-state index in [9.17, 15) is 24.3 Å². The van der Waals surface area contributed by atoms with E-state index in [0.29, 0.717) is 19.6 Å². The first-order chi connectivity index (χ1) is 15.9. The Labute approximate surface area is 204 Å². The number of thiophene rings is 1. The van der Waals surface area contributed by atoms with E-state index in [1.54, 1.807) is 0 Å². The molecule has 11 heteroatoms. The molecule has 2 atom stereocenters. The number of carbonyl (C=O) groups is 3. The first kappa shape index (κ1) is 22.2. The molecule has 0 bridgehead atoms. The second-order valence-corrected chi connectivity index (χ2v) is 11.8. The third-order valence-electron chi connectivity index (χ3n) is 5.20. The van der Waals surface area contributed by atoms with Crippen LogP contribution in [0.2, 0.25) is 0 Å². The van der Waals surface area contributed by atoms with Crippen molar-refractivity contribution in [1.82, 2.24) is 10.2 Å². The molecule has 2 amide bonds. The molecule has 2 N–H and O–H groups in total. The van der Waals surface area contributed by atoms with Crippen LogP contribution in [0, 0.1) is 0 Å². The Hall–Kier alpha value is -2.60. The van der Waals surface area contributed by atoms with Crippen molar-refractivity contribution in [2.24, 2.45) is 0 Å². The first-order valence-electron chi connectivity index (χ1n) is 9.86. The zero-order valence-corrected chi connectivity index (χ0v) is 20.1. The molecule has 2 aromatic heterocycles. The molecule has 1 saturated heterocycles. The number of thioether (sulfide) groups is 2. The quantitative estimate of drug-likeness (QED) is 0.484. The van der Waals surface area contributed by atoms with E-state index in [4.69, 9.17) is 0 Å². The molecule has 4 heterocycles. The molecule has 168 valence electrons. The fourth-order valence-electron chi connectivity index (χ4n) is 3.71. The highest BCUT2D eigenvalue weighted by Gasteiger charge is 2.54. The molecular weight excluding hydrogens is 501 g/mol. The molecule has 0 saturated carbocycles. The maximum absolute atomic E-state index is 12.8. The van der Waals surface area contributed by atoms with Crippen LogP contribution in [0.1, 0.15) is 5.56 Å². The maximum Gasteiger partial charge on any atom is 0.353 e. The van der Waals surface area contributed by atoms with E-state index in [-0.39, 0.29) is 23.5 Å². The summed E-state index contributed by atoms with van der Waals surface area (Å²) in [5.74, 6) is -1.55. The van der Waals surface area contributed by atoms with Gasteiger partial charge in [0, 0.05) is 16.7 Å². The van der Waals surface area contributed by atoms with Crippen molar-refractivity contribution in [2.45, 2.75) is 22.0 Å². The number of hydrogen-bond acceptors (Lipinski definition) is 8. The molecule has 2 aliphatic heterocycles. The minimum absolute atomic E-state index is 0.0765. The Bertz CT molecular complexity index is 1360. The van der Waals surface area contributed by atoms with Crippen LogP contribution in [0.4, 0.5) is 0 Å². The largest absolute Gasteiger partial charge is 0.477 e. The molecule has 0 aliphatic carbocycles. The molecular formula is C22H16N2O5S4. The lowest BCUT2D eigenvalue weighted by Gasteiger charge is -2.49. The normalized spacial score (nSPS) is 19.9. The highest BCUT2D eigenvalue weighted by Crippen LogP contribution is 2.46. The fourth-order valence-corrected chi connectivity index (χ4v) is 8.54. The van der Waals surface area contributed by atoms with Gasteiger partial charge in [-0.2, -0.15) is 0 Å². The number of nitrogens with one attached hydrogen (secondary N) is 1. The van der Waals surface area contributed by atoms with Crippen LogP contribution in [-0.2, 0) is 20.8 Å². The molecule has 3 aromatic rings. The summed E-state index contributed by atoms with van der Waals surface area (Å²) in [5, 5.41) is 14.0. The third-order valence-corrected chi connectivity index (χ3v) is 10.00. The summed E-state index contributed by atoms with van der Waals surface area (Å²) >= 11 is 5.42. The molecule has 2 aliphatic rings. The number of carbonyl (C=O) groups excluding carboxylic acids is 2. The van der Waals surface area contributed by atoms with E-state index < -0.39 is 23.3 Å². The summed E-state index contributed by atoms with van der Waals surface area (Å²) in [5.41, 5.74) is 0.662. The monoisotopic (exact) mass is 516 g/mol. The number of rotatable bonds is 6. The summed E-state index contributed by atoms with van der Waals surface area (Å²) in [6.45, 7) is 0. The SMILES string of the molecule is O=C(Cc1ccccc1)NC1C(=O)N2C(C(=O)O)=C(Sc3cc(=O)c4sccc4s3)CS[C@@H]12. The Balaban J connectivity index is 1.35. The number of aliphatic carboxylic acids is 1. The van der Waals surface area contributed by atoms with E-state index in [1.807, 2.05) is 41.8 Å². The van der Waals surface area contributed by atoms with Crippen LogP contribution in [0.5, 0.6) is 0 Å². The minimum Gasteiger partial charge on any atom is -0.477 e. The van der Waals surface area contributed by atoms with Crippen LogP contribution in [0.25, 0.3) is 9.40 Å². The summed E-state index contributed by atoms with van der Waals surface area (Å²) in [7, 11) is 0. The van der Waals surface area contributed by atoms with Gasteiger partial charge >= 0.3 is 5.97 Å². The number of carboxylic acids is 1. The van der Waals surface area contributed by atoms with Crippen molar-refractivity contribution in [1.29, 1.82) is 0 Å². The van der Waals surface area contributed by atoms with E-state index >= 15 is 0 Å². The van der Waals surface area contributed by atoms with Gasteiger partial charge in [0.1, 0.15) is 17.1 Å². The van der Waals surface area contributed by atoms with E-state index in [0.717, 1.165) is 10.3 Å². The van der Waals surface area contributed by atoms with Crippen LogP contribution in [0.3, 0.4) is 0 Å². The van der Waals surface area contributed by atoms with Gasteiger partial charge in [0.25, 0.3) is 5.91 Å². The Morgan fingerprint density at radius 2 is 1.97 bits per heavy atom. The summed E-state index contributed by atoms with van der Waals surface area (Å²) in [6.07, 6.45) is 0.148. The third kappa shape index (κ3) is 4.21. The summed E-state index contributed by atoms with van der Waals surface area (Å²) in [6, 6.07) is 11.8. The molecule has 1 fully saturated rings. The highest BCUT2D eigenvalue weighted by atomic mass is 32.2. The Kier molecular flexibility index (Phi) is 6.04. The highest BCUT2D eigenvalue weighted by molar-refractivity contribution is 8.07. The van der Waals surface area contributed by atoms with Crippen LogP contribution < -0.4 is 10.7 Å². The zero-order chi connectivity index (χ0) is 23.1. The van der Waals surface area contributed by atoms with Gasteiger partial charge in [0.15, 0.2) is 5.43 Å². The van der Waals surface area contributed by atoms with Gasteiger partial charge in [-0.25, -0.2) is 4.79 Å². The topological polar surface area (TPSA) is 104 Å². The lowest BCUT2D eigenvalue weighted by molar-refractivity contribution is -0.150. The van der Waals surface area contributed by atoms with Crippen LogP contribution >= 0.6 is 46.2 Å². The number of hydrogen-bond donors (Lipinski definition) is 2. The van der Waals surface area contributed by atoms with Gasteiger partial charge < -0.3 is 10.4 Å². The Morgan fingerprint density at radius 3 is 2.73 bits per heavy atom. The predicted molar refractivity (Wildman–Crippen MR) is 132 cm³/mol. The van der Waals surface area contributed by atoms with Crippen LogP contribution in [0.15, 0.2) is 67.5 Å². The van der Waals surface area contributed by atoms with Gasteiger partial charge in [0.05, 0.1) is 20.0 Å². The molecule has 0 radical (unpaired) electrons. The van der Waals surface area contributed by atoms with Gasteiger partial charge in [-0.05, 0) is 17.0 Å². The van der Waals surface area contributed by atoms with Gasteiger partial charge in [-0.15, -0.1) is 34.4 Å². The lowest BCUT2D eigenvalue weighted by atomic mass is 10.0. The molecule has 1 unspecified atom stereocenters. The zero-order valence-electron chi connectivity index (χ0n) is 16.8. The van der Waals surface area contributed by atoms with Crippen molar-refractivity contribution in [3.05, 3.63) is 74.2 Å². The molecule has 7 nitrogen and oxygen atoms in total. The number of benzene rings is 1. The number of nitrogens with zero attached hydrogens (tertiary/aromatic N) is 1. The van der Waals surface area contributed by atoms with Crippen molar-refractivity contribution in [2.75, 3.05) is 5.75 Å². The standard InChI is InChI=1S/C22H16N2O5S4/c25-12-9-16(32-13-6-7-30-19(12)13)33-14-10-31-21-17(20(27)24(21)18(14)22(28)29)23-15(26)8-11-4-2-1-3-5-11/h1-7,9,17,21H,8,10H2,(H,23,26)(H,28,29)/t17?,21-/m0/s1. The van der Waals surface area contributed by atoms with Gasteiger partial charge in [0.2, 0.25) is 5.91 Å². The predicted octanol–water partition coefficient (Wildman–Crippen LogP) is 3.35. The second kappa shape index (κ2) is 8.98. The smallest absolute Gasteiger partial charge is 0.353 e. The first-order valence-corrected chi connectivity index (χ1v) is 13.4. The number of fused-ring (bicyclic) bond motifs is 2. The number of carboxylic acid groups (broad SMARTS) is 1. The minimum atomic E-state index is -1.20.